The number of hydrogen-bond acceptors (Lipinski definition) is 3. The van der Waals surface area contributed by atoms with Gasteiger partial charge in [0.05, 0.1) is 0 Å². The second kappa shape index (κ2) is 4.61. The van der Waals surface area contributed by atoms with E-state index in [1.54, 1.807) is 0 Å². The third-order valence-corrected chi connectivity index (χ3v) is 1.35. The maximum absolute atomic E-state index is 10.6. The predicted octanol–water partition coefficient (Wildman–Crippen LogP) is -3.89. The molecular weight excluding hydrogens is 159 g/mol. The van der Waals surface area contributed by atoms with Gasteiger partial charge in [0.1, 0.15) is 5.78 Å². The summed E-state index contributed by atoms with van der Waals surface area (Å²) in [6.45, 7) is 0. The zero-order valence-corrected chi connectivity index (χ0v) is 9.05. The third-order valence-electron chi connectivity index (χ3n) is 1.35. The van der Waals surface area contributed by atoms with Crippen LogP contribution in [0.1, 0.15) is 19.3 Å². The number of ketones is 1. The van der Waals surface area contributed by atoms with Gasteiger partial charge in [-0.05, 0) is 12.8 Å². The van der Waals surface area contributed by atoms with Crippen LogP contribution in [0.2, 0.25) is 0 Å². The molecule has 3 nitrogen and oxygen atoms in total. The summed E-state index contributed by atoms with van der Waals surface area (Å²) >= 11 is 0. The molecule has 0 radical (unpaired) electrons. The Bertz CT molecular complexity index is 151. The van der Waals surface area contributed by atoms with E-state index >= 15 is 0 Å². The third kappa shape index (κ3) is 3.83. The van der Waals surface area contributed by atoms with Crippen molar-refractivity contribution in [1.29, 1.82) is 0 Å². The SMILES string of the molecule is O=C([O-])CC(=O)C1CC1.[K+]. The van der Waals surface area contributed by atoms with Crippen LogP contribution >= 0.6 is 0 Å². The second-order valence-corrected chi connectivity index (χ2v) is 2.29. The smallest absolute Gasteiger partial charge is 0.550 e. The summed E-state index contributed by atoms with van der Waals surface area (Å²) < 4.78 is 0. The summed E-state index contributed by atoms with van der Waals surface area (Å²) in [6.07, 6.45) is 1.34. The van der Waals surface area contributed by atoms with E-state index in [9.17, 15) is 14.7 Å². The molecule has 0 heterocycles. The van der Waals surface area contributed by atoms with Gasteiger partial charge in [-0.2, -0.15) is 0 Å². The van der Waals surface area contributed by atoms with Crippen molar-refractivity contribution in [3.8, 4) is 0 Å². The molecule has 0 spiro atoms. The van der Waals surface area contributed by atoms with E-state index in [1.165, 1.54) is 0 Å². The van der Waals surface area contributed by atoms with Gasteiger partial charge in [-0.1, -0.05) is 0 Å². The van der Waals surface area contributed by atoms with E-state index in [0.29, 0.717) is 0 Å². The number of carbonyl (C=O) groups excluding carboxylic acids is 2. The molecule has 0 unspecified atom stereocenters. The fraction of sp³-hybridized carbons (Fsp3) is 0.667. The average Bonchev–Trinajstić information content (AvgIpc) is 2.40. The molecule has 0 bridgehead atoms. The van der Waals surface area contributed by atoms with Crippen LogP contribution in [-0.2, 0) is 9.59 Å². The van der Waals surface area contributed by atoms with E-state index in [1.807, 2.05) is 0 Å². The maximum Gasteiger partial charge on any atom is 1.00 e. The van der Waals surface area contributed by atoms with Gasteiger partial charge in [-0.3, -0.25) is 4.79 Å². The Morgan fingerprint density at radius 2 is 1.90 bits per heavy atom. The molecule has 1 aliphatic carbocycles. The molecule has 0 saturated heterocycles. The Balaban J connectivity index is 0.000000810. The van der Waals surface area contributed by atoms with Crippen molar-refractivity contribution in [2.75, 3.05) is 0 Å². The van der Waals surface area contributed by atoms with Crippen LogP contribution in [0.5, 0.6) is 0 Å². The molecule has 4 heteroatoms. The summed E-state index contributed by atoms with van der Waals surface area (Å²) in [7, 11) is 0. The van der Waals surface area contributed by atoms with Crippen LogP contribution in [0, 0.1) is 5.92 Å². The van der Waals surface area contributed by atoms with Crippen LogP contribution < -0.4 is 56.5 Å². The largest absolute Gasteiger partial charge is 1.00 e. The van der Waals surface area contributed by atoms with Crippen LogP contribution in [0.25, 0.3) is 0 Å². The summed E-state index contributed by atoms with van der Waals surface area (Å²) in [6, 6.07) is 0. The van der Waals surface area contributed by atoms with Crippen molar-refractivity contribution in [1.82, 2.24) is 0 Å². The summed E-state index contributed by atoms with van der Waals surface area (Å²) in [5.74, 6) is -1.38. The molecule has 0 amide bonds. The van der Waals surface area contributed by atoms with Crippen molar-refractivity contribution in [3.63, 3.8) is 0 Å². The van der Waals surface area contributed by atoms with Crippen LogP contribution in [-0.4, -0.2) is 11.8 Å². The molecule has 1 aliphatic rings. The van der Waals surface area contributed by atoms with Crippen molar-refractivity contribution in [2.24, 2.45) is 5.92 Å². The molecule has 0 aromatic rings. The topological polar surface area (TPSA) is 57.2 Å². The van der Waals surface area contributed by atoms with E-state index in [0.717, 1.165) is 12.8 Å². The minimum Gasteiger partial charge on any atom is -0.550 e. The fourth-order valence-corrected chi connectivity index (χ4v) is 0.692. The zero-order chi connectivity index (χ0) is 6.85. The zero-order valence-electron chi connectivity index (χ0n) is 5.92. The first-order valence-corrected chi connectivity index (χ1v) is 2.92. The van der Waals surface area contributed by atoms with Gasteiger partial charge < -0.3 is 9.90 Å². The van der Waals surface area contributed by atoms with Gasteiger partial charge in [0.2, 0.25) is 0 Å². The minimum absolute atomic E-state index is 0. The molecule has 1 fully saturated rings. The Labute approximate surface area is 102 Å². The Kier molecular flexibility index (Phi) is 4.97. The number of hydrogen-bond donors (Lipinski definition) is 0. The number of carboxylic acids is 1. The predicted molar refractivity (Wildman–Crippen MR) is 27.4 cm³/mol. The number of rotatable bonds is 3. The number of Topliss-reactive ketones (excluding diaryl/α,β-unsaturated/α-hetero) is 1. The molecule has 0 aromatic heterocycles. The Morgan fingerprint density at radius 1 is 1.40 bits per heavy atom. The van der Waals surface area contributed by atoms with Gasteiger partial charge in [0.25, 0.3) is 0 Å². The van der Waals surface area contributed by atoms with Crippen molar-refractivity contribution < 1.29 is 66.1 Å². The molecule has 0 aromatic carbocycles. The summed E-state index contributed by atoms with van der Waals surface area (Å²) in [5, 5.41) is 9.81. The first-order valence-electron chi connectivity index (χ1n) is 2.92. The number of carboxylic acid groups (broad SMARTS) is 1. The maximum atomic E-state index is 10.6. The van der Waals surface area contributed by atoms with E-state index in [-0.39, 0.29) is 63.1 Å². The molecule has 50 valence electrons. The van der Waals surface area contributed by atoms with Crippen molar-refractivity contribution >= 4 is 11.8 Å². The van der Waals surface area contributed by atoms with Crippen LogP contribution in [0.3, 0.4) is 0 Å². The van der Waals surface area contributed by atoms with Gasteiger partial charge >= 0.3 is 51.4 Å². The Hall–Kier alpha value is 0.776. The molecule has 0 N–H and O–H groups in total. The number of aliphatic carboxylic acids is 1. The first kappa shape index (κ1) is 10.8. The van der Waals surface area contributed by atoms with Crippen molar-refractivity contribution in [2.45, 2.75) is 19.3 Å². The van der Waals surface area contributed by atoms with E-state index in [2.05, 4.69) is 0 Å². The van der Waals surface area contributed by atoms with Crippen molar-refractivity contribution in [3.05, 3.63) is 0 Å². The molecule has 1 rings (SSSR count). The van der Waals surface area contributed by atoms with Gasteiger partial charge in [0, 0.05) is 18.3 Å². The standard InChI is InChI=1S/C6H8O3.K/c7-5(3-6(8)9)4-1-2-4;/h4H,1-3H2,(H,8,9);/q;+1/p-1. The van der Waals surface area contributed by atoms with Gasteiger partial charge in [-0.25, -0.2) is 0 Å². The average molecular weight is 166 g/mol. The first-order chi connectivity index (χ1) is 4.20. The monoisotopic (exact) mass is 166 g/mol. The summed E-state index contributed by atoms with van der Waals surface area (Å²) in [4.78, 5) is 20.4. The van der Waals surface area contributed by atoms with Gasteiger partial charge in [-0.15, -0.1) is 0 Å². The number of carbonyl (C=O) groups is 2. The summed E-state index contributed by atoms with van der Waals surface area (Å²) in [5.41, 5.74) is 0. The van der Waals surface area contributed by atoms with Crippen LogP contribution in [0.15, 0.2) is 0 Å². The molecule has 0 atom stereocenters. The molecule has 0 aliphatic heterocycles. The van der Waals surface area contributed by atoms with E-state index in [4.69, 9.17) is 0 Å². The molecule has 10 heavy (non-hydrogen) atoms. The quantitative estimate of drug-likeness (QED) is 0.318. The molecular formula is C6H7KO3. The second-order valence-electron chi connectivity index (χ2n) is 2.29. The van der Waals surface area contributed by atoms with Crippen LogP contribution in [0.4, 0.5) is 0 Å². The van der Waals surface area contributed by atoms with Gasteiger partial charge in [0.15, 0.2) is 0 Å². The van der Waals surface area contributed by atoms with E-state index < -0.39 is 12.4 Å². The normalized spacial score (nSPS) is 15.6. The minimum atomic E-state index is -1.26. The molecule has 1 saturated carbocycles. The Morgan fingerprint density at radius 3 is 2.20 bits per heavy atom. The fourth-order valence-electron chi connectivity index (χ4n) is 0.692.